The Labute approximate surface area is 228 Å². The summed E-state index contributed by atoms with van der Waals surface area (Å²) < 4.78 is 52.4. The van der Waals surface area contributed by atoms with Gasteiger partial charge >= 0.3 is 12.1 Å². The Morgan fingerprint density at radius 1 is 1.00 bits per heavy atom. The maximum absolute atomic E-state index is 12.8. The lowest BCUT2D eigenvalue weighted by atomic mass is 10.1. The molecule has 2 aromatic carbocycles. The van der Waals surface area contributed by atoms with Crippen LogP contribution in [0.2, 0.25) is 0 Å². The normalized spacial score (nSPS) is 12.5. The fourth-order valence-corrected chi connectivity index (χ4v) is 4.21. The van der Waals surface area contributed by atoms with Gasteiger partial charge in [0.15, 0.2) is 11.4 Å². The van der Waals surface area contributed by atoms with Crippen LogP contribution in [0.3, 0.4) is 0 Å². The van der Waals surface area contributed by atoms with Gasteiger partial charge in [-0.15, -0.1) is 0 Å². The molecule has 3 aromatic rings. The summed E-state index contributed by atoms with van der Waals surface area (Å²) in [5.41, 5.74) is -0.793. The van der Waals surface area contributed by atoms with Crippen LogP contribution in [0.15, 0.2) is 42.5 Å². The van der Waals surface area contributed by atoms with Crippen LogP contribution >= 0.6 is 22.6 Å². The molecule has 0 saturated carbocycles. The third-order valence-corrected chi connectivity index (χ3v) is 6.28. The minimum absolute atomic E-state index is 0.398. The number of ether oxygens (including phenoxy) is 2. The molecule has 0 radical (unpaired) electrons. The molecule has 6 nitrogen and oxygen atoms in total. The van der Waals surface area contributed by atoms with Crippen molar-refractivity contribution in [1.82, 2.24) is 14.8 Å². The highest BCUT2D eigenvalue weighted by Gasteiger charge is 2.35. The number of halogens is 4. The minimum atomic E-state index is -4.38. The van der Waals surface area contributed by atoms with E-state index >= 15 is 0 Å². The molecule has 0 aliphatic heterocycles. The number of carbonyl (C=O) groups excluding carboxylic acids is 1. The second-order valence-electron chi connectivity index (χ2n) is 10.3. The van der Waals surface area contributed by atoms with E-state index in [0.29, 0.717) is 23.6 Å². The molecule has 0 N–H and O–H groups in total. The number of carbonyl (C=O) groups is 1. The maximum atomic E-state index is 12.8. The molecule has 0 amide bonds. The van der Waals surface area contributed by atoms with E-state index in [1.165, 1.54) is 12.1 Å². The number of aromatic nitrogens is 3. The quantitative estimate of drug-likeness (QED) is 0.203. The van der Waals surface area contributed by atoms with Crippen molar-refractivity contribution in [3.05, 3.63) is 63.0 Å². The van der Waals surface area contributed by atoms with Gasteiger partial charge in [0.2, 0.25) is 0 Å². The molecule has 0 spiro atoms. The Bertz CT molecular complexity index is 1250. The van der Waals surface area contributed by atoms with Gasteiger partial charge in [0.1, 0.15) is 17.2 Å². The summed E-state index contributed by atoms with van der Waals surface area (Å²) in [6, 6.07) is 10.7. The molecular weight excluding hydrogens is 598 g/mol. The largest absolute Gasteiger partial charge is 0.475 e. The molecule has 0 fully saturated rings. The van der Waals surface area contributed by atoms with Crippen molar-refractivity contribution in [1.29, 1.82) is 0 Å². The summed E-state index contributed by atoms with van der Waals surface area (Å²) in [5.74, 6) is 1.33. The lowest BCUT2D eigenvalue weighted by Crippen LogP contribution is -2.43. The van der Waals surface area contributed by atoms with Crippen molar-refractivity contribution in [2.24, 2.45) is 7.05 Å². The van der Waals surface area contributed by atoms with Gasteiger partial charge < -0.3 is 9.47 Å². The van der Waals surface area contributed by atoms with Crippen LogP contribution in [-0.2, 0) is 35.6 Å². The fourth-order valence-electron chi connectivity index (χ4n) is 3.52. The molecule has 0 atom stereocenters. The molecular formula is C27H31F3IN3O3. The zero-order valence-electron chi connectivity index (χ0n) is 21.7. The van der Waals surface area contributed by atoms with Crippen molar-refractivity contribution >= 4 is 28.6 Å². The van der Waals surface area contributed by atoms with Gasteiger partial charge in [-0.1, -0.05) is 18.2 Å². The van der Waals surface area contributed by atoms with Crippen LogP contribution in [0, 0.1) is 3.57 Å². The highest BCUT2D eigenvalue weighted by molar-refractivity contribution is 14.1. The highest BCUT2D eigenvalue weighted by Crippen LogP contribution is 2.31. The lowest BCUT2D eigenvalue weighted by molar-refractivity contribution is -0.171. The molecule has 0 unspecified atom stereocenters. The molecule has 0 aliphatic rings. The van der Waals surface area contributed by atoms with Gasteiger partial charge in [-0.05, 0) is 99.9 Å². The maximum Gasteiger partial charge on any atom is 0.416 e. The fraction of sp³-hybridized carbons (Fsp3) is 0.444. The van der Waals surface area contributed by atoms with Gasteiger partial charge in [-0.25, -0.2) is 9.78 Å². The molecule has 0 saturated heterocycles. The van der Waals surface area contributed by atoms with Crippen LogP contribution in [0.25, 0.3) is 11.4 Å². The standard InChI is InChI=1S/C27H31F3IN3O3/c1-25(2,3)37-24(35)26(4,5)36-21-15-10-17(16-20(21)31)8-7-9-22-32-23(33-34(22)6)18-11-13-19(14-12-18)27(28,29)30/h10-16H,7-9H2,1-6H3. The summed E-state index contributed by atoms with van der Waals surface area (Å²) in [7, 11) is 1.78. The number of benzene rings is 2. The van der Waals surface area contributed by atoms with Crippen LogP contribution in [0.4, 0.5) is 13.2 Å². The van der Waals surface area contributed by atoms with E-state index in [1.54, 1.807) is 25.6 Å². The number of aryl methyl sites for hydroxylation is 3. The van der Waals surface area contributed by atoms with Gasteiger partial charge in [0, 0.05) is 19.0 Å². The van der Waals surface area contributed by atoms with Crippen molar-refractivity contribution in [2.75, 3.05) is 0 Å². The van der Waals surface area contributed by atoms with Crippen LogP contribution in [-0.4, -0.2) is 31.9 Å². The van der Waals surface area contributed by atoms with E-state index < -0.39 is 28.9 Å². The summed E-state index contributed by atoms with van der Waals surface area (Å²) >= 11 is 2.19. The molecule has 0 aliphatic carbocycles. The first kappa shape index (κ1) is 28.9. The lowest BCUT2D eigenvalue weighted by Gasteiger charge is -2.29. The van der Waals surface area contributed by atoms with E-state index in [9.17, 15) is 18.0 Å². The predicted octanol–water partition coefficient (Wildman–Crippen LogP) is 6.78. The first-order valence-corrected chi connectivity index (χ1v) is 12.9. The Balaban J connectivity index is 1.60. The molecule has 37 heavy (non-hydrogen) atoms. The monoisotopic (exact) mass is 629 g/mol. The zero-order chi connectivity index (χ0) is 27.6. The van der Waals surface area contributed by atoms with Crippen molar-refractivity contribution in [3.8, 4) is 17.1 Å². The van der Waals surface area contributed by atoms with E-state index in [-0.39, 0.29) is 0 Å². The predicted molar refractivity (Wildman–Crippen MR) is 143 cm³/mol. The van der Waals surface area contributed by atoms with Gasteiger partial charge in [0.25, 0.3) is 0 Å². The number of nitrogens with zero attached hydrogens (tertiary/aromatic N) is 3. The molecule has 200 valence electrons. The zero-order valence-corrected chi connectivity index (χ0v) is 23.9. The molecule has 10 heteroatoms. The van der Waals surface area contributed by atoms with Gasteiger partial charge in [-0.2, -0.15) is 18.3 Å². The summed E-state index contributed by atoms with van der Waals surface area (Å²) in [6.45, 7) is 8.82. The Morgan fingerprint density at radius 2 is 1.65 bits per heavy atom. The van der Waals surface area contributed by atoms with Gasteiger partial charge in [0.05, 0.1) is 9.13 Å². The molecule has 1 heterocycles. The SMILES string of the molecule is Cn1nc(-c2ccc(C(F)(F)F)cc2)nc1CCCc1ccc(OC(C)(C)C(=O)OC(C)(C)C)c(I)c1. The second-order valence-corrected chi connectivity index (χ2v) is 11.4. The van der Waals surface area contributed by atoms with Crippen LogP contribution in [0.5, 0.6) is 5.75 Å². The number of hydrogen-bond acceptors (Lipinski definition) is 5. The third kappa shape index (κ3) is 7.93. The van der Waals surface area contributed by atoms with E-state index in [1.807, 2.05) is 39.0 Å². The number of esters is 1. The number of alkyl halides is 3. The van der Waals surface area contributed by atoms with Crippen LogP contribution < -0.4 is 4.74 Å². The Morgan fingerprint density at radius 3 is 2.22 bits per heavy atom. The van der Waals surface area contributed by atoms with E-state index in [0.717, 1.165) is 39.9 Å². The van der Waals surface area contributed by atoms with Crippen molar-refractivity contribution in [2.45, 2.75) is 71.3 Å². The molecule has 1 aromatic heterocycles. The van der Waals surface area contributed by atoms with Crippen molar-refractivity contribution < 1.29 is 27.4 Å². The Kier molecular flexibility index (Phi) is 8.60. The highest BCUT2D eigenvalue weighted by atomic mass is 127. The summed E-state index contributed by atoms with van der Waals surface area (Å²) in [4.78, 5) is 17.0. The first-order chi connectivity index (χ1) is 17.0. The second kappa shape index (κ2) is 11.0. The molecule has 3 rings (SSSR count). The van der Waals surface area contributed by atoms with Crippen molar-refractivity contribution in [3.63, 3.8) is 0 Å². The Hall–Kier alpha value is -2.63. The summed E-state index contributed by atoms with van der Waals surface area (Å²) in [6.07, 6.45) is -2.13. The van der Waals surface area contributed by atoms with Gasteiger partial charge in [-0.3, -0.25) is 4.68 Å². The molecule has 0 bridgehead atoms. The first-order valence-electron chi connectivity index (χ1n) is 11.8. The summed E-state index contributed by atoms with van der Waals surface area (Å²) in [5, 5.41) is 4.36. The minimum Gasteiger partial charge on any atom is -0.475 e. The number of rotatable bonds is 8. The average molecular weight is 629 g/mol. The topological polar surface area (TPSA) is 66.2 Å². The smallest absolute Gasteiger partial charge is 0.416 e. The van der Waals surface area contributed by atoms with E-state index in [2.05, 4.69) is 32.7 Å². The average Bonchev–Trinajstić information content (AvgIpc) is 3.14. The third-order valence-electron chi connectivity index (χ3n) is 5.44. The van der Waals surface area contributed by atoms with Crippen LogP contribution in [0.1, 0.15) is 58.0 Å². The number of hydrogen-bond donors (Lipinski definition) is 0. The van der Waals surface area contributed by atoms with E-state index in [4.69, 9.17) is 9.47 Å².